The molecule has 0 saturated heterocycles. The number of aromatic nitrogens is 6. The molecular formula is C28H23N7O2. The highest BCUT2D eigenvalue weighted by Crippen LogP contribution is 2.33. The van der Waals surface area contributed by atoms with Crippen molar-refractivity contribution in [2.45, 2.75) is 12.5 Å². The molecule has 1 atom stereocenters. The summed E-state index contributed by atoms with van der Waals surface area (Å²) in [6.07, 6.45) is 11.9. The second kappa shape index (κ2) is 9.54. The van der Waals surface area contributed by atoms with Crippen LogP contribution in [0.5, 0.6) is 0 Å². The Morgan fingerprint density at radius 1 is 1.00 bits per heavy atom. The van der Waals surface area contributed by atoms with E-state index in [0.29, 0.717) is 23.8 Å². The first-order valence-electron chi connectivity index (χ1n) is 11.8. The minimum Gasteiger partial charge on any atom is -0.422 e. The van der Waals surface area contributed by atoms with E-state index in [1.807, 2.05) is 89.2 Å². The van der Waals surface area contributed by atoms with Crippen molar-refractivity contribution < 1.29 is 9.21 Å². The van der Waals surface area contributed by atoms with E-state index in [-0.39, 0.29) is 0 Å². The predicted molar refractivity (Wildman–Crippen MR) is 139 cm³/mol. The molecule has 5 aromatic heterocycles. The van der Waals surface area contributed by atoms with E-state index in [1.54, 1.807) is 29.8 Å². The minimum atomic E-state index is -0.461. The Morgan fingerprint density at radius 3 is 2.59 bits per heavy atom. The molecule has 0 aliphatic rings. The molecule has 37 heavy (non-hydrogen) atoms. The average Bonchev–Trinajstić information content (AvgIpc) is 3.69. The van der Waals surface area contributed by atoms with Gasteiger partial charge in [0.2, 0.25) is 18.0 Å². The number of amides is 1. The summed E-state index contributed by atoms with van der Waals surface area (Å²) in [4.78, 5) is 31.7. The molecule has 0 fully saturated rings. The van der Waals surface area contributed by atoms with Crippen LogP contribution in [0, 0.1) is 0 Å². The summed E-state index contributed by atoms with van der Waals surface area (Å²) in [6.45, 7) is 0. The third kappa shape index (κ3) is 4.27. The largest absolute Gasteiger partial charge is 0.422 e. The van der Waals surface area contributed by atoms with Gasteiger partial charge in [-0.05, 0) is 42.0 Å². The van der Waals surface area contributed by atoms with Crippen LogP contribution < -0.4 is 4.90 Å². The summed E-state index contributed by atoms with van der Waals surface area (Å²) in [5, 5.41) is 0.819. The highest BCUT2D eigenvalue weighted by Gasteiger charge is 2.29. The number of imidazole rings is 2. The van der Waals surface area contributed by atoms with Gasteiger partial charge >= 0.3 is 0 Å². The van der Waals surface area contributed by atoms with E-state index in [0.717, 1.165) is 34.4 Å². The maximum absolute atomic E-state index is 12.5. The van der Waals surface area contributed by atoms with Gasteiger partial charge in [0.15, 0.2) is 0 Å². The molecule has 0 N–H and O–H groups in total. The van der Waals surface area contributed by atoms with Crippen molar-refractivity contribution in [1.82, 2.24) is 29.1 Å². The van der Waals surface area contributed by atoms with Gasteiger partial charge in [0.25, 0.3) is 0 Å². The van der Waals surface area contributed by atoms with Gasteiger partial charge in [-0.25, -0.2) is 15.0 Å². The summed E-state index contributed by atoms with van der Waals surface area (Å²) in [5.74, 6) is 1.11. The molecule has 1 aromatic carbocycles. The van der Waals surface area contributed by atoms with E-state index >= 15 is 0 Å². The number of anilines is 1. The topological polar surface area (TPSA) is 94.9 Å². The predicted octanol–water partition coefficient (Wildman–Crippen LogP) is 4.76. The molecule has 5 heterocycles. The highest BCUT2D eigenvalue weighted by molar-refractivity contribution is 5.83. The van der Waals surface area contributed by atoms with Crippen molar-refractivity contribution in [1.29, 1.82) is 0 Å². The molecule has 0 aliphatic carbocycles. The van der Waals surface area contributed by atoms with Crippen LogP contribution in [0.4, 0.5) is 5.88 Å². The van der Waals surface area contributed by atoms with E-state index in [2.05, 4.69) is 15.0 Å². The van der Waals surface area contributed by atoms with Gasteiger partial charge in [-0.15, -0.1) is 0 Å². The fourth-order valence-corrected chi connectivity index (χ4v) is 4.51. The van der Waals surface area contributed by atoms with Gasteiger partial charge in [0.1, 0.15) is 11.9 Å². The van der Waals surface area contributed by atoms with Gasteiger partial charge in [-0.1, -0.05) is 18.2 Å². The Balaban J connectivity index is 1.39. The van der Waals surface area contributed by atoms with E-state index in [4.69, 9.17) is 9.40 Å². The summed E-state index contributed by atoms with van der Waals surface area (Å²) in [7, 11) is 1.95. The maximum Gasteiger partial charge on any atom is 0.228 e. The minimum absolute atomic E-state index is 0.402. The van der Waals surface area contributed by atoms with Crippen LogP contribution >= 0.6 is 0 Å². The molecule has 6 aromatic rings. The SMILES string of the molecule is Cn1c(-c2ccc(-n3ccnc3)cc2)cnc1[C@H](Cc1ccccn1)N(C=O)c1cc2cccnc2o1. The second-order valence-corrected chi connectivity index (χ2v) is 8.61. The number of fused-ring (bicyclic) bond motifs is 1. The molecule has 9 nitrogen and oxygen atoms in total. The van der Waals surface area contributed by atoms with Crippen molar-refractivity contribution in [3.8, 4) is 16.9 Å². The van der Waals surface area contributed by atoms with Crippen LogP contribution in [0.1, 0.15) is 17.6 Å². The van der Waals surface area contributed by atoms with Crippen LogP contribution in [-0.2, 0) is 18.3 Å². The van der Waals surface area contributed by atoms with Crippen molar-refractivity contribution in [2.75, 3.05) is 4.90 Å². The van der Waals surface area contributed by atoms with E-state index in [9.17, 15) is 4.79 Å². The van der Waals surface area contributed by atoms with Crippen molar-refractivity contribution in [3.05, 3.63) is 109 Å². The number of rotatable bonds is 8. The third-order valence-corrected chi connectivity index (χ3v) is 6.40. The number of benzene rings is 1. The number of pyridine rings is 2. The molecule has 6 rings (SSSR count). The Morgan fingerprint density at radius 2 is 1.86 bits per heavy atom. The molecule has 0 radical (unpaired) electrons. The first kappa shape index (κ1) is 22.4. The molecule has 0 bridgehead atoms. The lowest BCUT2D eigenvalue weighted by atomic mass is 10.1. The summed E-state index contributed by atoms with van der Waals surface area (Å²) < 4.78 is 9.92. The number of furan rings is 1. The van der Waals surface area contributed by atoms with Crippen LogP contribution in [0.3, 0.4) is 0 Å². The standard InChI is InChI=1S/C28H23N7O2/c1-33-25(20-7-9-23(10-8-20)34-14-13-29-18-34)17-32-27(33)24(16-22-6-2-3-11-30-22)35(19-36)26-15-21-5-4-12-31-28(21)37-26/h2-15,17-19,24H,16H2,1H3/t24-/m0/s1. The van der Waals surface area contributed by atoms with E-state index < -0.39 is 6.04 Å². The fraction of sp³-hybridized carbons (Fsp3) is 0.107. The van der Waals surface area contributed by atoms with Gasteiger partial charge in [0.05, 0.1) is 18.2 Å². The van der Waals surface area contributed by atoms with Crippen molar-refractivity contribution >= 4 is 23.4 Å². The van der Waals surface area contributed by atoms with Crippen LogP contribution in [0.2, 0.25) is 0 Å². The second-order valence-electron chi connectivity index (χ2n) is 8.61. The van der Waals surface area contributed by atoms with Gasteiger partial charge in [-0.2, -0.15) is 0 Å². The first-order chi connectivity index (χ1) is 18.2. The third-order valence-electron chi connectivity index (χ3n) is 6.40. The smallest absolute Gasteiger partial charge is 0.228 e. The zero-order valence-corrected chi connectivity index (χ0v) is 20.0. The molecule has 1 amide bonds. The number of hydrogen-bond acceptors (Lipinski definition) is 6. The summed E-state index contributed by atoms with van der Waals surface area (Å²) >= 11 is 0. The Bertz CT molecular complexity index is 1600. The monoisotopic (exact) mass is 489 g/mol. The Labute approximate surface area is 212 Å². The fourth-order valence-electron chi connectivity index (χ4n) is 4.51. The van der Waals surface area contributed by atoms with Crippen LogP contribution in [-0.4, -0.2) is 35.5 Å². The van der Waals surface area contributed by atoms with E-state index in [1.165, 1.54) is 0 Å². The molecular weight excluding hydrogens is 466 g/mol. The normalized spacial score (nSPS) is 12.0. The quantitative estimate of drug-likeness (QED) is 0.286. The number of carbonyl (C=O) groups is 1. The zero-order valence-electron chi connectivity index (χ0n) is 20.0. The maximum atomic E-state index is 12.5. The molecule has 0 aliphatic heterocycles. The first-order valence-corrected chi connectivity index (χ1v) is 11.8. The molecule has 0 unspecified atom stereocenters. The Hall–Kier alpha value is -5.05. The zero-order chi connectivity index (χ0) is 25.2. The lowest BCUT2D eigenvalue weighted by Gasteiger charge is -2.26. The highest BCUT2D eigenvalue weighted by atomic mass is 16.4. The van der Waals surface area contributed by atoms with Crippen molar-refractivity contribution in [2.24, 2.45) is 7.05 Å². The Kier molecular flexibility index (Phi) is 5.78. The number of nitrogens with zero attached hydrogens (tertiary/aromatic N) is 7. The van der Waals surface area contributed by atoms with Gasteiger partial charge < -0.3 is 13.6 Å². The van der Waals surface area contributed by atoms with Gasteiger partial charge in [-0.3, -0.25) is 14.7 Å². The molecule has 0 spiro atoms. The van der Waals surface area contributed by atoms with Crippen LogP contribution in [0.25, 0.3) is 28.0 Å². The van der Waals surface area contributed by atoms with Gasteiger partial charge in [0, 0.05) is 61.1 Å². The lowest BCUT2D eigenvalue weighted by molar-refractivity contribution is -0.108. The molecule has 182 valence electrons. The van der Waals surface area contributed by atoms with Crippen LogP contribution in [0.15, 0.2) is 102 Å². The molecule has 9 heteroatoms. The number of carbonyl (C=O) groups excluding carboxylic acids is 1. The summed E-state index contributed by atoms with van der Waals surface area (Å²) in [5.41, 5.74) is 4.26. The lowest BCUT2D eigenvalue weighted by Crippen LogP contribution is -2.31. The van der Waals surface area contributed by atoms with Crippen molar-refractivity contribution in [3.63, 3.8) is 0 Å². The summed E-state index contributed by atoms with van der Waals surface area (Å²) in [6, 6.07) is 19.0. The molecule has 0 saturated carbocycles. The number of hydrogen-bond donors (Lipinski definition) is 0. The average molecular weight is 490 g/mol.